The highest BCUT2D eigenvalue weighted by molar-refractivity contribution is 8.15. The van der Waals surface area contributed by atoms with Gasteiger partial charge in [0.2, 0.25) is 5.06 Å². The van der Waals surface area contributed by atoms with Crippen molar-refractivity contribution in [2.45, 2.75) is 24.8 Å². The summed E-state index contributed by atoms with van der Waals surface area (Å²) in [6.07, 6.45) is 1.68. The Kier molecular flexibility index (Phi) is 6.31. The maximum atomic E-state index is 14.4. The predicted molar refractivity (Wildman–Crippen MR) is 106 cm³/mol. The van der Waals surface area contributed by atoms with Crippen LogP contribution >= 0.6 is 11.8 Å². The third kappa shape index (κ3) is 3.88. The van der Waals surface area contributed by atoms with Crippen LogP contribution in [0.5, 0.6) is 0 Å². The Morgan fingerprint density at radius 1 is 1.25 bits per heavy atom. The first-order valence-corrected chi connectivity index (χ1v) is 9.78. The number of nitrogens with zero attached hydrogens (tertiary/aromatic N) is 2. The van der Waals surface area contributed by atoms with Gasteiger partial charge in [0.1, 0.15) is 16.7 Å². The molecule has 0 spiro atoms. The fourth-order valence-electron chi connectivity index (χ4n) is 2.77. The molecule has 0 saturated heterocycles. The van der Waals surface area contributed by atoms with Crippen LogP contribution in [0.4, 0.5) is 13.6 Å². The quantitative estimate of drug-likeness (QED) is 0.713. The van der Waals surface area contributed by atoms with E-state index in [9.17, 15) is 13.6 Å². The highest BCUT2D eigenvalue weighted by Gasteiger charge is 2.50. The number of hydrazone groups is 1. The second-order valence-corrected chi connectivity index (χ2v) is 7.29. The third-order valence-electron chi connectivity index (χ3n) is 4.20. The molecule has 148 valence electrons. The second-order valence-electron chi connectivity index (χ2n) is 6.15. The van der Waals surface area contributed by atoms with Crippen LogP contribution in [-0.4, -0.2) is 29.7 Å². The number of nitrogens with one attached hydrogen (secondary N) is 1. The van der Waals surface area contributed by atoms with Crippen LogP contribution in [0.15, 0.2) is 53.6 Å². The van der Waals surface area contributed by atoms with Crippen LogP contribution in [0.1, 0.15) is 30.9 Å². The molecule has 0 aromatic heterocycles. The van der Waals surface area contributed by atoms with Gasteiger partial charge in [-0.05, 0) is 36.4 Å². The molecule has 2 aromatic rings. The number of benzene rings is 2. The van der Waals surface area contributed by atoms with Crippen molar-refractivity contribution in [3.05, 3.63) is 71.3 Å². The van der Waals surface area contributed by atoms with Crippen LogP contribution in [0, 0.1) is 11.6 Å². The van der Waals surface area contributed by atoms with E-state index in [1.807, 2.05) is 37.3 Å². The van der Waals surface area contributed by atoms with E-state index in [1.165, 1.54) is 7.05 Å². The molecule has 0 fully saturated rings. The van der Waals surface area contributed by atoms with Crippen molar-refractivity contribution in [2.75, 3.05) is 13.7 Å². The van der Waals surface area contributed by atoms with E-state index in [-0.39, 0.29) is 10.6 Å². The number of halogens is 2. The largest absolute Gasteiger partial charge is 0.341 e. The highest BCUT2D eigenvalue weighted by atomic mass is 32.2. The maximum absolute atomic E-state index is 14.4. The van der Waals surface area contributed by atoms with E-state index < -0.39 is 22.7 Å². The average molecular weight is 405 g/mol. The molecular formula is C20H21F2N3O2S. The summed E-state index contributed by atoms with van der Waals surface area (Å²) in [5.74, 6) is -1.21. The number of hydrogen-bond donors (Lipinski definition) is 1. The summed E-state index contributed by atoms with van der Waals surface area (Å²) in [6, 6.07) is 11.8. The molecule has 1 heterocycles. The van der Waals surface area contributed by atoms with Crippen molar-refractivity contribution in [3.8, 4) is 0 Å². The van der Waals surface area contributed by atoms with Gasteiger partial charge in [0.15, 0.2) is 0 Å². The number of amides is 2. The number of urea groups is 1. The average Bonchev–Trinajstić information content (AvgIpc) is 3.10. The Morgan fingerprint density at radius 3 is 2.68 bits per heavy atom. The Hall–Kier alpha value is -2.45. The first-order valence-electron chi connectivity index (χ1n) is 8.96. The maximum Gasteiger partial charge on any atom is 0.341 e. The lowest BCUT2D eigenvalue weighted by atomic mass is 10.2. The minimum Gasteiger partial charge on any atom is -0.341 e. The molecular weight excluding hydrogens is 384 g/mol. The summed E-state index contributed by atoms with van der Waals surface area (Å²) in [5, 5.41) is 6.86. The Balaban J connectivity index is 2.10. The van der Waals surface area contributed by atoms with Gasteiger partial charge in [-0.1, -0.05) is 43.7 Å². The van der Waals surface area contributed by atoms with Gasteiger partial charge in [0.25, 0.3) is 0 Å². The lowest BCUT2D eigenvalue weighted by Gasteiger charge is -2.35. The van der Waals surface area contributed by atoms with E-state index >= 15 is 0 Å². The summed E-state index contributed by atoms with van der Waals surface area (Å²) in [4.78, 5) is 12.6. The molecule has 2 aromatic carbocycles. The molecule has 1 atom stereocenters. The van der Waals surface area contributed by atoms with Crippen LogP contribution < -0.4 is 5.32 Å². The molecule has 8 heteroatoms. The van der Waals surface area contributed by atoms with Crippen molar-refractivity contribution in [3.63, 3.8) is 0 Å². The van der Waals surface area contributed by atoms with Crippen molar-refractivity contribution in [1.29, 1.82) is 0 Å². The first kappa shape index (κ1) is 20.3. The summed E-state index contributed by atoms with van der Waals surface area (Å²) in [5.41, 5.74) is 0.658. The van der Waals surface area contributed by atoms with Gasteiger partial charge in [-0.25, -0.2) is 13.6 Å². The van der Waals surface area contributed by atoms with Crippen LogP contribution in [0.2, 0.25) is 0 Å². The number of rotatable bonds is 6. The molecule has 0 bridgehead atoms. The molecule has 0 aliphatic carbocycles. The topological polar surface area (TPSA) is 53.9 Å². The summed E-state index contributed by atoms with van der Waals surface area (Å²) in [6.45, 7) is 2.40. The molecule has 1 aliphatic heterocycles. The molecule has 1 unspecified atom stereocenters. The van der Waals surface area contributed by atoms with Crippen LogP contribution in [-0.2, 0) is 9.79 Å². The zero-order valence-electron chi connectivity index (χ0n) is 15.6. The van der Waals surface area contributed by atoms with E-state index in [0.29, 0.717) is 12.2 Å². The lowest BCUT2D eigenvalue weighted by molar-refractivity contribution is -0.0675. The molecule has 1 N–H and O–H groups in total. The number of carbonyl (C=O) groups excluding carboxylic acids is 1. The highest BCUT2D eigenvalue weighted by Crippen LogP contribution is 2.48. The van der Waals surface area contributed by atoms with E-state index in [2.05, 4.69) is 10.4 Å². The molecule has 0 saturated carbocycles. The number of thioether (sulfide) groups is 1. The van der Waals surface area contributed by atoms with E-state index in [1.54, 1.807) is 0 Å². The monoisotopic (exact) mass is 405 g/mol. The predicted octanol–water partition coefficient (Wildman–Crippen LogP) is 4.64. The van der Waals surface area contributed by atoms with Crippen molar-refractivity contribution in [2.24, 2.45) is 5.10 Å². The Labute approximate surface area is 166 Å². The van der Waals surface area contributed by atoms with Crippen molar-refractivity contribution in [1.82, 2.24) is 10.3 Å². The number of ether oxygens (including phenoxy) is 1. The SMILES string of the molecule is CCCCOC1(c2ccccc2)SC(c2cc(F)ccc2F)=NN1C(=O)NC. The summed E-state index contributed by atoms with van der Waals surface area (Å²) >= 11 is 1.08. The van der Waals surface area contributed by atoms with Gasteiger partial charge in [0.05, 0.1) is 6.61 Å². The van der Waals surface area contributed by atoms with Gasteiger partial charge < -0.3 is 10.1 Å². The normalized spacial score (nSPS) is 18.9. The third-order valence-corrected chi connectivity index (χ3v) is 5.50. The van der Waals surface area contributed by atoms with Gasteiger partial charge in [-0.3, -0.25) is 0 Å². The zero-order chi connectivity index (χ0) is 20.1. The fraction of sp³-hybridized carbons (Fsp3) is 0.300. The molecule has 1 aliphatic rings. The molecule has 5 nitrogen and oxygen atoms in total. The molecule has 28 heavy (non-hydrogen) atoms. The summed E-state index contributed by atoms with van der Waals surface area (Å²) < 4.78 is 34.3. The Morgan fingerprint density at radius 2 is 2.00 bits per heavy atom. The van der Waals surface area contributed by atoms with Crippen molar-refractivity contribution >= 4 is 22.8 Å². The first-order chi connectivity index (χ1) is 13.5. The second kappa shape index (κ2) is 8.70. The van der Waals surface area contributed by atoms with E-state index in [4.69, 9.17) is 4.74 Å². The van der Waals surface area contributed by atoms with Gasteiger partial charge >= 0.3 is 6.03 Å². The van der Waals surface area contributed by atoms with Gasteiger partial charge in [-0.15, -0.1) is 0 Å². The molecule has 2 amide bonds. The number of carbonyl (C=O) groups is 1. The fourth-order valence-corrected chi connectivity index (χ4v) is 4.02. The molecule has 0 radical (unpaired) electrons. The van der Waals surface area contributed by atoms with Gasteiger partial charge in [0, 0.05) is 18.2 Å². The minimum absolute atomic E-state index is 0.0178. The standard InChI is InChI=1S/C20H21F2N3O2S/c1-3-4-12-27-20(14-8-6-5-7-9-14)25(19(26)23-2)24-18(28-20)16-13-15(21)10-11-17(16)22/h5-11,13H,3-4,12H2,1-2H3,(H,23,26). The lowest BCUT2D eigenvalue weighted by Crippen LogP contribution is -2.47. The smallest absolute Gasteiger partial charge is 0.341 e. The number of unbranched alkanes of at least 4 members (excludes halogenated alkanes) is 1. The zero-order valence-corrected chi connectivity index (χ0v) is 16.4. The Bertz CT molecular complexity index is 879. The van der Waals surface area contributed by atoms with Crippen LogP contribution in [0.25, 0.3) is 0 Å². The number of hydrogen-bond acceptors (Lipinski definition) is 4. The van der Waals surface area contributed by atoms with Gasteiger partial charge in [-0.2, -0.15) is 10.1 Å². The minimum atomic E-state index is -1.31. The summed E-state index contributed by atoms with van der Waals surface area (Å²) in [7, 11) is 1.48. The molecule has 3 rings (SSSR count). The van der Waals surface area contributed by atoms with Crippen molar-refractivity contribution < 1.29 is 18.3 Å². The van der Waals surface area contributed by atoms with Crippen LogP contribution in [0.3, 0.4) is 0 Å². The van der Waals surface area contributed by atoms with E-state index in [0.717, 1.165) is 47.8 Å².